The molecule has 2 heteroatoms. The molecule has 0 heterocycles. The highest BCUT2D eigenvalue weighted by atomic mass is 16.5. The molecule has 376 valence electrons. The van der Waals surface area contributed by atoms with Crippen molar-refractivity contribution in [2.45, 2.75) is 213 Å². The summed E-state index contributed by atoms with van der Waals surface area (Å²) in [6, 6.07) is 32.3. The van der Waals surface area contributed by atoms with E-state index < -0.39 is 0 Å². The quantitative estimate of drug-likeness (QED) is 0.122. The first-order valence-corrected chi connectivity index (χ1v) is 26.6. The van der Waals surface area contributed by atoms with E-state index in [1.165, 1.54) is 111 Å². The highest BCUT2D eigenvalue weighted by molar-refractivity contribution is 5.89. The van der Waals surface area contributed by atoms with Crippen molar-refractivity contribution >= 4 is 0 Å². The summed E-state index contributed by atoms with van der Waals surface area (Å²) in [5, 5.41) is 0. The van der Waals surface area contributed by atoms with E-state index in [0.29, 0.717) is 35.5 Å². The summed E-state index contributed by atoms with van der Waals surface area (Å²) in [7, 11) is 0. The fourth-order valence-electron chi connectivity index (χ4n) is 10.4. The van der Waals surface area contributed by atoms with Crippen LogP contribution in [0.5, 0.6) is 11.5 Å². The minimum atomic E-state index is -0.341. The van der Waals surface area contributed by atoms with Gasteiger partial charge in [-0.2, -0.15) is 0 Å². The molecule has 0 aliphatic rings. The van der Waals surface area contributed by atoms with E-state index in [1.807, 2.05) is 0 Å². The number of aryl methyl sites for hydroxylation is 6. The molecule has 6 rings (SSSR count). The molecule has 6 aromatic rings. The van der Waals surface area contributed by atoms with E-state index >= 15 is 0 Å². The van der Waals surface area contributed by atoms with Crippen LogP contribution in [0.25, 0.3) is 44.5 Å². The Hall–Kier alpha value is -5.08. The van der Waals surface area contributed by atoms with Gasteiger partial charge in [0.25, 0.3) is 0 Å². The lowest BCUT2D eigenvalue weighted by Gasteiger charge is -2.31. The number of benzene rings is 6. The molecule has 2 nitrogen and oxygen atoms in total. The van der Waals surface area contributed by atoms with Crippen LogP contribution in [0.1, 0.15) is 227 Å². The average Bonchev–Trinajstić information content (AvgIpc) is 3.22. The second-order valence-corrected chi connectivity index (χ2v) is 24.4. The molecule has 0 saturated carbocycles. The standard InChI is InChI=1S/C40H58O.C28H34O/c1-23(2)29-19-33(25(5)6)37(34(20-29)26(7)8)31-17-16-18-32(39(31)41-40(13,14)15)38-35(27(9)10)21-30(24(3)4)22-36(38)28(11)12;1-17-13-19(3)25(20(4)14-17)23-11-10-12-24(27(23)29-28(7,8)9)26-21(5)15-18(2)16-22(26)6/h16-28H,1-15H3;10-16H,1-9H3. The molecule has 0 radical (unpaired) electrons. The van der Waals surface area contributed by atoms with Crippen LogP contribution < -0.4 is 9.47 Å². The largest absolute Gasteiger partial charge is 0.487 e. The van der Waals surface area contributed by atoms with Gasteiger partial charge in [-0.15, -0.1) is 0 Å². The third kappa shape index (κ3) is 12.9. The predicted octanol–water partition coefficient (Wildman–Crippen LogP) is 21.0. The van der Waals surface area contributed by atoms with E-state index in [1.54, 1.807) is 0 Å². The Labute approximate surface area is 428 Å². The average molecular weight is 941 g/mol. The monoisotopic (exact) mass is 941 g/mol. The number of ether oxygens (including phenoxy) is 2. The molecule has 0 unspecified atom stereocenters. The fourth-order valence-corrected chi connectivity index (χ4v) is 10.4. The van der Waals surface area contributed by atoms with Gasteiger partial charge in [-0.25, -0.2) is 0 Å². The van der Waals surface area contributed by atoms with E-state index in [2.05, 4.69) is 251 Å². The fraction of sp³-hybridized carbons (Fsp3) is 0.471. The zero-order valence-corrected chi connectivity index (χ0v) is 48.4. The summed E-state index contributed by atoms with van der Waals surface area (Å²) < 4.78 is 13.7. The topological polar surface area (TPSA) is 18.5 Å². The van der Waals surface area contributed by atoms with Crippen LogP contribution in [0.4, 0.5) is 0 Å². The summed E-state index contributed by atoms with van der Waals surface area (Å²) >= 11 is 0. The van der Waals surface area contributed by atoms with Crippen LogP contribution in [0.2, 0.25) is 0 Å². The normalized spacial score (nSPS) is 12.2. The van der Waals surface area contributed by atoms with Crippen LogP contribution in [0.3, 0.4) is 0 Å². The lowest BCUT2D eigenvalue weighted by Crippen LogP contribution is -2.24. The zero-order valence-electron chi connectivity index (χ0n) is 48.4. The molecular weight excluding hydrogens is 849 g/mol. The first-order chi connectivity index (χ1) is 32.4. The molecule has 0 atom stereocenters. The maximum Gasteiger partial charge on any atom is 0.135 e. The molecule has 0 aromatic heterocycles. The van der Waals surface area contributed by atoms with Gasteiger partial charge in [0.15, 0.2) is 0 Å². The summed E-state index contributed by atoms with van der Waals surface area (Å²) in [6.45, 7) is 53.9. The van der Waals surface area contributed by atoms with Gasteiger partial charge in [-0.1, -0.05) is 179 Å². The Morgan fingerprint density at radius 2 is 0.543 bits per heavy atom. The van der Waals surface area contributed by atoms with E-state index in [4.69, 9.17) is 9.47 Å². The Kier molecular flexibility index (Phi) is 17.7. The lowest BCUT2D eigenvalue weighted by molar-refractivity contribution is 0.132. The Morgan fingerprint density at radius 1 is 0.314 bits per heavy atom. The van der Waals surface area contributed by atoms with Gasteiger partial charge in [0.1, 0.15) is 22.7 Å². The van der Waals surface area contributed by atoms with Gasteiger partial charge in [0.2, 0.25) is 0 Å². The van der Waals surface area contributed by atoms with Crippen molar-refractivity contribution in [2.75, 3.05) is 0 Å². The zero-order chi connectivity index (χ0) is 52.5. The maximum atomic E-state index is 7.07. The number of hydrogen-bond acceptors (Lipinski definition) is 2. The van der Waals surface area contributed by atoms with Gasteiger partial charge < -0.3 is 9.47 Å². The van der Waals surface area contributed by atoms with Crippen LogP contribution in [0, 0.1) is 41.5 Å². The Morgan fingerprint density at radius 3 is 0.743 bits per heavy atom. The Balaban J connectivity index is 0.000000276. The van der Waals surface area contributed by atoms with Gasteiger partial charge in [-0.05, 0) is 196 Å². The third-order valence-electron chi connectivity index (χ3n) is 13.5. The van der Waals surface area contributed by atoms with Crippen molar-refractivity contribution in [3.8, 4) is 56.0 Å². The summed E-state index contributed by atoms with van der Waals surface area (Å²) in [5.74, 6) is 4.55. The molecule has 0 aliphatic carbocycles. The van der Waals surface area contributed by atoms with Crippen molar-refractivity contribution in [1.29, 1.82) is 0 Å². The van der Waals surface area contributed by atoms with Crippen LogP contribution in [0.15, 0.2) is 84.9 Å². The number of hydrogen-bond donors (Lipinski definition) is 0. The third-order valence-corrected chi connectivity index (χ3v) is 13.5. The van der Waals surface area contributed by atoms with Crippen LogP contribution in [-0.4, -0.2) is 11.2 Å². The van der Waals surface area contributed by atoms with Gasteiger partial charge in [0, 0.05) is 22.3 Å². The molecule has 0 saturated heterocycles. The minimum absolute atomic E-state index is 0.288. The van der Waals surface area contributed by atoms with Crippen molar-refractivity contribution < 1.29 is 9.47 Å². The van der Waals surface area contributed by atoms with Gasteiger partial charge in [-0.3, -0.25) is 0 Å². The second kappa shape index (κ2) is 22.1. The lowest BCUT2D eigenvalue weighted by atomic mass is 9.78. The molecule has 70 heavy (non-hydrogen) atoms. The smallest absolute Gasteiger partial charge is 0.135 e. The van der Waals surface area contributed by atoms with Crippen LogP contribution in [-0.2, 0) is 0 Å². The minimum Gasteiger partial charge on any atom is -0.487 e. The molecule has 6 aromatic carbocycles. The van der Waals surface area contributed by atoms with E-state index in [9.17, 15) is 0 Å². The number of rotatable bonds is 12. The maximum absolute atomic E-state index is 7.07. The summed E-state index contributed by atoms with van der Waals surface area (Å²) in [4.78, 5) is 0. The first-order valence-electron chi connectivity index (χ1n) is 26.6. The van der Waals surface area contributed by atoms with Crippen molar-refractivity contribution in [3.05, 3.63) is 152 Å². The van der Waals surface area contributed by atoms with Crippen molar-refractivity contribution in [3.63, 3.8) is 0 Å². The first kappa shape index (κ1) is 55.8. The highest BCUT2D eigenvalue weighted by Crippen LogP contribution is 2.50. The van der Waals surface area contributed by atoms with Crippen molar-refractivity contribution in [1.82, 2.24) is 0 Å². The Bertz CT molecular complexity index is 2510. The van der Waals surface area contributed by atoms with E-state index in [-0.39, 0.29) is 11.2 Å². The summed E-state index contributed by atoms with van der Waals surface area (Å²) in [6.07, 6.45) is 0. The summed E-state index contributed by atoms with van der Waals surface area (Å²) in [5.41, 5.74) is 25.7. The van der Waals surface area contributed by atoms with Gasteiger partial charge in [0.05, 0.1) is 0 Å². The van der Waals surface area contributed by atoms with Gasteiger partial charge >= 0.3 is 0 Å². The molecule has 0 amide bonds. The van der Waals surface area contributed by atoms with Crippen LogP contribution >= 0.6 is 0 Å². The van der Waals surface area contributed by atoms with Crippen molar-refractivity contribution in [2.24, 2.45) is 0 Å². The molecule has 0 fully saturated rings. The molecule has 0 aliphatic heterocycles. The SMILES string of the molecule is CC(C)c1cc(C(C)C)c(-c2cccc(-c3c(C(C)C)cc(C(C)C)cc3C(C)C)c2OC(C)(C)C)c(C(C)C)c1.Cc1cc(C)c(-c2cccc(-c3c(C)cc(C)cc3C)c2OC(C)(C)C)c(C)c1. The second-order valence-electron chi connectivity index (χ2n) is 24.4. The molecule has 0 spiro atoms. The predicted molar refractivity (Wildman–Crippen MR) is 308 cm³/mol. The molecular formula is C68H92O2. The van der Waals surface area contributed by atoms with E-state index in [0.717, 1.165) is 11.5 Å². The molecule has 0 N–H and O–H groups in total. The molecule has 0 bridgehead atoms. The number of para-hydroxylation sites is 2. The highest BCUT2D eigenvalue weighted by Gasteiger charge is 2.29.